The van der Waals surface area contributed by atoms with Gasteiger partial charge in [0, 0.05) is 23.5 Å². The summed E-state index contributed by atoms with van der Waals surface area (Å²) in [5.74, 6) is 0. The molecule has 1 aromatic heterocycles. The van der Waals surface area contributed by atoms with Crippen molar-refractivity contribution in [2.45, 2.75) is 0 Å². The van der Waals surface area contributed by atoms with Crippen molar-refractivity contribution in [2.24, 2.45) is 0 Å². The Bertz CT molecular complexity index is 618. The third-order valence-corrected chi connectivity index (χ3v) is 3.56. The number of hydrogen-bond acceptors (Lipinski definition) is 2. The molecule has 0 aliphatic rings. The summed E-state index contributed by atoms with van der Waals surface area (Å²) in [7, 11) is 0. The number of nitrogens with zero attached hydrogens (tertiary/aromatic N) is 2. The topological polar surface area (TPSA) is 36.7 Å². The van der Waals surface area contributed by atoms with Crippen LogP contribution in [-0.4, -0.2) is 4.98 Å². The van der Waals surface area contributed by atoms with Gasteiger partial charge in [-0.25, -0.2) is 0 Å². The summed E-state index contributed by atoms with van der Waals surface area (Å²) in [6, 6.07) is 7.05. The lowest BCUT2D eigenvalue weighted by Gasteiger charge is -2.08. The van der Waals surface area contributed by atoms with Gasteiger partial charge in [-0.15, -0.1) is 0 Å². The molecule has 2 nitrogen and oxygen atoms in total. The highest BCUT2D eigenvalue weighted by Crippen LogP contribution is 2.38. The second-order valence-electron chi connectivity index (χ2n) is 3.26. The number of aromatic nitrogens is 1. The largest absolute Gasteiger partial charge is 0.264 e. The standard InChI is InChI=1S/C12H5Cl3N2/c13-10-2-1-8(11(14)12(10)15)9-6-17-4-3-7(9)5-16/h1-4,6H. The normalized spacial score (nSPS) is 10.0. The van der Waals surface area contributed by atoms with Crippen LogP contribution in [0.5, 0.6) is 0 Å². The van der Waals surface area contributed by atoms with Crippen LogP contribution in [-0.2, 0) is 0 Å². The van der Waals surface area contributed by atoms with E-state index in [0.29, 0.717) is 26.7 Å². The van der Waals surface area contributed by atoms with Crippen LogP contribution in [0.25, 0.3) is 11.1 Å². The van der Waals surface area contributed by atoms with Crippen molar-refractivity contribution < 1.29 is 0 Å². The van der Waals surface area contributed by atoms with Crippen LogP contribution in [0.1, 0.15) is 5.56 Å². The van der Waals surface area contributed by atoms with E-state index in [1.165, 1.54) is 0 Å². The molecule has 2 aromatic rings. The van der Waals surface area contributed by atoms with Gasteiger partial charge in [-0.2, -0.15) is 5.26 Å². The van der Waals surface area contributed by atoms with Gasteiger partial charge < -0.3 is 0 Å². The molecule has 0 aliphatic carbocycles. The molecule has 0 N–H and O–H groups in total. The molecule has 0 radical (unpaired) electrons. The smallest absolute Gasteiger partial charge is 0.0999 e. The van der Waals surface area contributed by atoms with Crippen molar-refractivity contribution in [2.75, 3.05) is 0 Å². The summed E-state index contributed by atoms with van der Waals surface area (Å²) >= 11 is 17.9. The molecule has 0 saturated carbocycles. The molecule has 0 amide bonds. The van der Waals surface area contributed by atoms with Crippen LogP contribution in [0, 0.1) is 11.3 Å². The van der Waals surface area contributed by atoms with Crippen LogP contribution in [0.3, 0.4) is 0 Å². The van der Waals surface area contributed by atoms with E-state index in [-0.39, 0.29) is 5.02 Å². The number of pyridine rings is 1. The van der Waals surface area contributed by atoms with Crippen LogP contribution < -0.4 is 0 Å². The van der Waals surface area contributed by atoms with E-state index in [4.69, 9.17) is 40.1 Å². The number of hydrogen-bond donors (Lipinski definition) is 0. The Morgan fingerprint density at radius 1 is 1.00 bits per heavy atom. The number of benzene rings is 1. The zero-order valence-corrected chi connectivity index (χ0v) is 10.7. The van der Waals surface area contributed by atoms with E-state index in [1.807, 2.05) is 0 Å². The average molecular weight is 284 g/mol. The van der Waals surface area contributed by atoms with E-state index in [2.05, 4.69) is 11.1 Å². The molecule has 0 atom stereocenters. The Labute approximate surface area is 113 Å². The first-order valence-corrected chi connectivity index (χ1v) is 5.76. The summed E-state index contributed by atoms with van der Waals surface area (Å²) in [5, 5.41) is 9.99. The summed E-state index contributed by atoms with van der Waals surface area (Å²) in [6.07, 6.45) is 3.12. The van der Waals surface area contributed by atoms with Gasteiger partial charge in [0.05, 0.1) is 26.7 Å². The third kappa shape index (κ3) is 2.23. The monoisotopic (exact) mass is 282 g/mol. The fraction of sp³-hybridized carbons (Fsp3) is 0. The molecule has 0 unspecified atom stereocenters. The zero-order valence-electron chi connectivity index (χ0n) is 8.42. The Morgan fingerprint density at radius 2 is 1.76 bits per heavy atom. The summed E-state index contributed by atoms with van der Waals surface area (Å²) in [5.41, 5.74) is 1.77. The van der Waals surface area contributed by atoms with Crippen molar-refractivity contribution >= 4 is 34.8 Å². The molecule has 2 rings (SSSR count). The van der Waals surface area contributed by atoms with E-state index in [1.54, 1.807) is 30.6 Å². The fourth-order valence-corrected chi connectivity index (χ4v) is 2.08. The maximum atomic E-state index is 9.01. The van der Waals surface area contributed by atoms with Gasteiger partial charge in [-0.1, -0.05) is 40.9 Å². The Morgan fingerprint density at radius 3 is 2.47 bits per heavy atom. The third-order valence-electron chi connectivity index (χ3n) is 2.27. The average Bonchev–Trinajstić information content (AvgIpc) is 2.36. The fourth-order valence-electron chi connectivity index (χ4n) is 1.44. The van der Waals surface area contributed by atoms with Gasteiger partial charge in [0.2, 0.25) is 0 Å². The Balaban J connectivity index is 2.70. The molecule has 5 heteroatoms. The lowest BCUT2D eigenvalue weighted by Crippen LogP contribution is -1.88. The highest BCUT2D eigenvalue weighted by Gasteiger charge is 2.13. The minimum Gasteiger partial charge on any atom is -0.264 e. The molecule has 0 fully saturated rings. The van der Waals surface area contributed by atoms with E-state index < -0.39 is 0 Å². The highest BCUT2D eigenvalue weighted by molar-refractivity contribution is 6.49. The molecular formula is C12H5Cl3N2. The van der Waals surface area contributed by atoms with Crippen molar-refractivity contribution in [3.8, 4) is 17.2 Å². The molecule has 1 heterocycles. The lowest BCUT2D eigenvalue weighted by atomic mass is 10.0. The van der Waals surface area contributed by atoms with Crippen molar-refractivity contribution in [1.82, 2.24) is 4.98 Å². The van der Waals surface area contributed by atoms with Crippen LogP contribution >= 0.6 is 34.8 Å². The summed E-state index contributed by atoms with van der Waals surface area (Å²) in [6.45, 7) is 0. The molecule has 1 aromatic carbocycles. The zero-order chi connectivity index (χ0) is 12.4. The first-order chi connectivity index (χ1) is 8.15. The van der Waals surface area contributed by atoms with Crippen molar-refractivity contribution in [1.29, 1.82) is 5.26 Å². The second-order valence-corrected chi connectivity index (χ2v) is 4.42. The quantitative estimate of drug-likeness (QED) is 0.718. The second kappa shape index (κ2) is 4.93. The van der Waals surface area contributed by atoms with Crippen LogP contribution in [0.4, 0.5) is 0 Å². The Hall–Kier alpha value is -1.27. The van der Waals surface area contributed by atoms with Gasteiger partial charge in [-0.05, 0) is 12.1 Å². The van der Waals surface area contributed by atoms with Gasteiger partial charge in [0.15, 0.2) is 0 Å². The Kier molecular flexibility index (Phi) is 3.54. The minimum absolute atomic E-state index is 0.276. The number of halogens is 3. The first-order valence-electron chi connectivity index (χ1n) is 4.63. The number of rotatable bonds is 1. The highest BCUT2D eigenvalue weighted by atomic mass is 35.5. The maximum Gasteiger partial charge on any atom is 0.0999 e. The first kappa shape index (κ1) is 12.2. The SMILES string of the molecule is N#Cc1ccncc1-c1ccc(Cl)c(Cl)c1Cl. The predicted molar refractivity (Wildman–Crippen MR) is 69.4 cm³/mol. The molecule has 0 spiro atoms. The van der Waals surface area contributed by atoms with E-state index >= 15 is 0 Å². The summed E-state index contributed by atoms with van der Waals surface area (Å²) < 4.78 is 0. The molecule has 84 valence electrons. The van der Waals surface area contributed by atoms with Gasteiger partial charge in [0.25, 0.3) is 0 Å². The minimum atomic E-state index is 0.276. The molecule has 17 heavy (non-hydrogen) atoms. The van der Waals surface area contributed by atoms with E-state index in [0.717, 1.165) is 0 Å². The predicted octanol–water partition coefficient (Wildman–Crippen LogP) is 4.58. The summed E-state index contributed by atoms with van der Waals surface area (Å²) in [4.78, 5) is 3.98. The van der Waals surface area contributed by atoms with Crippen LogP contribution in [0.15, 0.2) is 30.6 Å². The van der Waals surface area contributed by atoms with Gasteiger partial charge in [0.1, 0.15) is 0 Å². The molecule has 0 saturated heterocycles. The van der Waals surface area contributed by atoms with Crippen molar-refractivity contribution in [3.63, 3.8) is 0 Å². The molecular weight excluding hydrogens is 279 g/mol. The van der Waals surface area contributed by atoms with E-state index in [9.17, 15) is 0 Å². The van der Waals surface area contributed by atoms with Gasteiger partial charge >= 0.3 is 0 Å². The molecule has 0 bridgehead atoms. The lowest BCUT2D eigenvalue weighted by molar-refractivity contribution is 1.31. The van der Waals surface area contributed by atoms with Crippen LogP contribution in [0.2, 0.25) is 15.1 Å². The number of nitriles is 1. The van der Waals surface area contributed by atoms with Crippen molar-refractivity contribution in [3.05, 3.63) is 51.2 Å². The molecule has 0 aliphatic heterocycles. The van der Waals surface area contributed by atoms with Gasteiger partial charge in [-0.3, -0.25) is 4.98 Å². The maximum absolute atomic E-state index is 9.01.